The second kappa shape index (κ2) is 6.22. The number of halogens is 2. The molecule has 1 aromatic heterocycles. The van der Waals surface area contributed by atoms with E-state index in [2.05, 4.69) is 62.1 Å². The Morgan fingerprint density at radius 2 is 2.11 bits per heavy atom. The minimum atomic E-state index is 0.252. The Balaban J connectivity index is 2.23. The molecule has 2 nitrogen and oxygen atoms in total. The first-order chi connectivity index (χ1) is 8.61. The molecule has 3 N–H and O–H groups in total. The van der Waals surface area contributed by atoms with Crippen LogP contribution in [0.5, 0.6) is 0 Å². The lowest BCUT2D eigenvalue weighted by atomic mass is 10.0. The average Bonchev–Trinajstić information content (AvgIpc) is 2.70. The number of unbranched alkanes of at least 4 members (excludes halogenated alkanes) is 1. The van der Waals surface area contributed by atoms with Gasteiger partial charge in [-0.05, 0) is 46.5 Å². The Hall–Kier alpha value is -0.320. The maximum absolute atomic E-state index is 6.18. The number of hydrogen-bond acceptors (Lipinski definition) is 1. The Morgan fingerprint density at radius 1 is 1.33 bits per heavy atom. The van der Waals surface area contributed by atoms with Crippen LogP contribution in [0, 0.1) is 0 Å². The summed E-state index contributed by atoms with van der Waals surface area (Å²) in [7, 11) is 0. The fourth-order valence-corrected chi connectivity index (χ4v) is 3.57. The molecule has 2 rings (SSSR count). The molecule has 0 amide bonds. The molecular formula is C14H18Br2N2. The number of rotatable bonds is 5. The number of nitrogens with two attached hydrogens (primary N) is 1. The number of hydrogen-bond donors (Lipinski definition) is 2. The molecular weight excluding hydrogens is 356 g/mol. The van der Waals surface area contributed by atoms with Crippen molar-refractivity contribution in [1.82, 2.24) is 4.98 Å². The van der Waals surface area contributed by atoms with E-state index in [1.165, 1.54) is 23.8 Å². The lowest BCUT2D eigenvalue weighted by molar-refractivity contribution is 0.575. The number of aromatic amines is 1. The Labute approximate surface area is 125 Å². The minimum Gasteiger partial charge on any atom is -0.360 e. The number of benzene rings is 1. The third-order valence-corrected chi connectivity index (χ3v) is 4.29. The molecule has 0 fully saturated rings. The summed E-state index contributed by atoms with van der Waals surface area (Å²) in [6.07, 6.45) is 6.52. The van der Waals surface area contributed by atoms with Crippen LogP contribution in [0.3, 0.4) is 0 Å². The molecule has 1 aromatic carbocycles. The van der Waals surface area contributed by atoms with Crippen LogP contribution in [0.4, 0.5) is 0 Å². The van der Waals surface area contributed by atoms with E-state index in [0.717, 1.165) is 27.3 Å². The SMILES string of the molecule is CCCCC(N)Cc1c[nH]c2c(Br)cc(Br)cc12. The van der Waals surface area contributed by atoms with E-state index in [-0.39, 0.29) is 6.04 Å². The fraction of sp³-hybridized carbons (Fsp3) is 0.429. The maximum atomic E-state index is 6.18. The smallest absolute Gasteiger partial charge is 0.0602 e. The van der Waals surface area contributed by atoms with Crippen molar-refractivity contribution in [3.8, 4) is 0 Å². The van der Waals surface area contributed by atoms with Crippen LogP contribution in [0.15, 0.2) is 27.3 Å². The van der Waals surface area contributed by atoms with Gasteiger partial charge in [0.05, 0.1) is 5.52 Å². The lowest BCUT2D eigenvalue weighted by Crippen LogP contribution is -2.22. The van der Waals surface area contributed by atoms with Crippen LogP contribution in [-0.4, -0.2) is 11.0 Å². The van der Waals surface area contributed by atoms with Crippen molar-refractivity contribution >= 4 is 42.8 Å². The van der Waals surface area contributed by atoms with Crippen LogP contribution < -0.4 is 5.73 Å². The Kier molecular flexibility index (Phi) is 4.87. The minimum absolute atomic E-state index is 0.252. The second-order valence-corrected chi connectivity index (χ2v) is 6.50. The molecule has 4 heteroatoms. The topological polar surface area (TPSA) is 41.8 Å². The van der Waals surface area contributed by atoms with Gasteiger partial charge in [0.2, 0.25) is 0 Å². The lowest BCUT2D eigenvalue weighted by Gasteiger charge is -2.10. The number of nitrogens with one attached hydrogen (secondary N) is 1. The molecule has 18 heavy (non-hydrogen) atoms. The van der Waals surface area contributed by atoms with Crippen molar-refractivity contribution in [2.75, 3.05) is 0 Å². The van der Waals surface area contributed by atoms with E-state index in [0.29, 0.717) is 0 Å². The standard InChI is InChI=1S/C14H18Br2N2/c1-2-3-4-11(17)5-9-8-18-14-12(9)6-10(15)7-13(14)16/h6-8,11,18H,2-5,17H2,1H3. The zero-order valence-electron chi connectivity index (χ0n) is 10.5. The molecule has 0 aliphatic rings. The van der Waals surface area contributed by atoms with Crippen LogP contribution in [-0.2, 0) is 6.42 Å². The summed E-state index contributed by atoms with van der Waals surface area (Å²) in [6.45, 7) is 2.20. The molecule has 0 saturated carbocycles. The third kappa shape index (κ3) is 3.16. The summed E-state index contributed by atoms with van der Waals surface area (Å²) in [5.41, 5.74) is 8.63. The van der Waals surface area contributed by atoms with E-state index < -0.39 is 0 Å². The van der Waals surface area contributed by atoms with Gasteiger partial charge in [0.1, 0.15) is 0 Å². The summed E-state index contributed by atoms with van der Waals surface area (Å²) >= 11 is 7.11. The first-order valence-corrected chi connectivity index (χ1v) is 7.91. The second-order valence-electron chi connectivity index (χ2n) is 4.73. The largest absolute Gasteiger partial charge is 0.360 e. The molecule has 1 atom stereocenters. The Bertz CT molecular complexity index is 534. The van der Waals surface area contributed by atoms with Gasteiger partial charge in [-0.15, -0.1) is 0 Å². The predicted octanol–water partition coefficient (Wildman–Crippen LogP) is 4.75. The first-order valence-electron chi connectivity index (χ1n) is 6.32. The normalized spacial score (nSPS) is 13.1. The predicted molar refractivity (Wildman–Crippen MR) is 84.9 cm³/mol. The Morgan fingerprint density at radius 3 is 2.83 bits per heavy atom. The molecule has 0 radical (unpaired) electrons. The van der Waals surface area contributed by atoms with Crippen molar-refractivity contribution < 1.29 is 0 Å². The van der Waals surface area contributed by atoms with Gasteiger partial charge in [0.15, 0.2) is 0 Å². The summed E-state index contributed by atoms with van der Waals surface area (Å²) in [6, 6.07) is 4.46. The highest BCUT2D eigenvalue weighted by Gasteiger charge is 2.11. The molecule has 0 aliphatic carbocycles. The molecule has 2 aromatic rings. The van der Waals surface area contributed by atoms with Crippen molar-refractivity contribution in [3.05, 3.63) is 32.8 Å². The zero-order chi connectivity index (χ0) is 13.1. The van der Waals surface area contributed by atoms with Gasteiger partial charge in [-0.3, -0.25) is 0 Å². The van der Waals surface area contributed by atoms with Gasteiger partial charge in [-0.1, -0.05) is 35.7 Å². The van der Waals surface area contributed by atoms with Gasteiger partial charge in [-0.2, -0.15) is 0 Å². The molecule has 1 heterocycles. The van der Waals surface area contributed by atoms with Gasteiger partial charge in [0.25, 0.3) is 0 Å². The zero-order valence-corrected chi connectivity index (χ0v) is 13.6. The van der Waals surface area contributed by atoms with E-state index in [1.807, 2.05) is 0 Å². The number of H-pyrrole nitrogens is 1. The van der Waals surface area contributed by atoms with Crippen molar-refractivity contribution in [1.29, 1.82) is 0 Å². The van der Waals surface area contributed by atoms with Gasteiger partial charge in [-0.25, -0.2) is 0 Å². The fourth-order valence-electron chi connectivity index (χ4n) is 2.23. The molecule has 0 bridgehead atoms. The summed E-state index contributed by atoms with van der Waals surface area (Å²) < 4.78 is 2.17. The number of fused-ring (bicyclic) bond motifs is 1. The van der Waals surface area contributed by atoms with E-state index in [4.69, 9.17) is 5.73 Å². The first kappa shape index (κ1) is 14.1. The van der Waals surface area contributed by atoms with E-state index in [1.54, 1.807) is 0 Å². The monoisotopic (exact) mass is 372 g/mol. The van der Waals surface area contributed by atoms with Crippen molar-refractivity contribution in [2.45, 2.75) is 38.6 Å². The quantitative estimate of drug-likeness (QED) is 0.779. The maximum Gasteiger partial charge on any atom is 0.0602 e. The average molecular weight is 374 g/mol. The summed E-state index contributed by atoms with van der Waals surface area (Å²) in [5.74, 6) is 0. The number of aromatic nitrogens is 1. The van der Waals surface area contributed by atoms with Crippen molar-refractivity contribution in [2.24, 2.45) is 5.73 Å². The van der Waals surface area contributed by atoms with Gasteiger partial charge < -0.3 is 10.7 Å². The van der Waals surface area contributed by atoms with E-state index in [9.17, 15) is 0 Å². The van der Waals surface area contributed by atoms with Gasteiger partial charge in [0, 0.05) is 26.6 Å². The molecule has 0 spiro atoms. The van der Waals surface area contributed by atoms with Gasteiger partial charge >= 0.3 is 0 Å². The van der Waals surface area contributed by atoms with Crippen molar-refractivity contribution in [3.63, 3.8) is 0 Å². The summed E-state index contributed by atoms with van der Waals surface area (Å²) in [5, 5.41) is 1.25. The van der Waals surface area contributed by atoms with Crippen LogP contribution in [0.1, 0.15) is 31.7 Å². The van der Waals surface area contributed by atoms with Crippen LogP contribution >= 0.6 is 31.9 Å². The highest BCUT2D eigenvalue weighted by Crippen LogP contribution is 2.30. The molecule has 98 valence electrons. The third-order valence-electron chi connectivity index (χ3n) is 3.20. The molecule has 1 unspecified atom stereocenters. The summed E-state index contributed by atoms with van der Waals surface area (Å²) in [4.78, 5) is 3.32. The molecule has 0 aliphatic heterocycles. The van der Waals surface area contributed by atoms with Crippen LogP contribution in [0.25, 0.3) is 10.9 Å². The van der Waals surface area contributed by atoms with Crippen LogP contribution in [0.2, 0.25) is 0 Å². The highest BCUT2D eigenvalue weighted by molar-refractivity contribution is 9.11. The van der Waals surface area contributed by atoms with E-state index >= 15 is 0 Å². The molecule has 0 saturated heterocycles. The highest BCUT2D eigenvalue weighted by atomic mass is 79.9.